The molecule has 3 saturated heterocycles. The van der Waals surface area contributed by atoms with E-state index < -0.39 is 122 Å². The van der Waals surface area contributed by atoms with Crippen LogP contribution in [0.15, 0.2) is 24.3 Å². The van der Waals surface area contributed by atoms with Crippen LogP contribution in [-0.2, 0) is 64.5 Å². The predicted molar refractivity (Wildman–Crippen MR) is 234 cm³/mol. The number of carboxylic acid groups (broad SMARTS) is 3. The van der Waals surface area contributed by atoms with E-state index >= 15 is 0 Å². The Morgan fingerprint density at radius 1 is 0.731 bits per heavy atom. The summed E-state index contributed by atoms with van der Waals surface area (Å²) in [5, 5.41) is 30.8. The van der Waals surface area contributed by atoms with Crippen molar-refractivity contribution < 1.29 is 83.0 Å². The molecule has 23 nitrogen and oxygen atoms in total. The fourth-order valence-electron chi connectivity index (χ4n) is 7.71. The van der Waals surface area contributed by atoms with E-state index in [0.717, 1.165) is 5.56 Å². The first-order valence-corrected chi connectivity index (χ1v) is 27.1. The third-order valence-electron chi connectivity index (χ3n) is 11.5. The number of nitrogens with zero attached hydrogens (tertiary/aromatic N) is 4. The quantitative estimate of drug-likeness (QED) is 0.0523. The zero-order chi connectivity index (χ0) is 49.1. The Morgan fingerprint density at radius 3 is 1.75 bits per heavy atom. The molecule has 0 aliphatic carbocycles. The number of aliphatic carboxylic acids is 3. The van der Waals surface area contributed by atoms with Gasteiger partial charge in [-0.15, -0.1) is 0 Å². The van der Waals surface area contributed by atoms with Gasteiger partial charge >= 0.3 is 214 Å². The van der Waals surface area contributed by atoms with Gasteiger partial charge in [0.05, 0.1) is 24.6 Å². The number of carbonyl (C=O) groups excluding carboxylic acids is 6. The molecule has 67 heavy (non-hydrogen) atoms. The van der Waals surface area contributed by atoms with Crippen molar-refractivity contribution in [3.8, 4) is 0 Å². The van der Waals surface area contributed by atoms with E-state index in [9.17, 15) is 67.9 Å². The maximum atomic E-state index is 13.3. The van der Waals surface area contributed by atoms with Crippen LogP contribution in [0.2, 0.25) is 0 Å². The van der Waals surface area contributed by atoms with Crippen molar-refractivity contribution in [2.75, 3.05) is 91.3 Å². The molecule has 4 rings (SSSR count). The zero-order valence-electron chi connectivity index (χ0n) is 37.6. The molecule has 3 aliphatic heterocycles. The number of carbonyl (C=O) groups is 9. The molecule has 4 bridgehead atoms. The summed E-state index contributed by atoms with van der Waals surface area (Å²) in [5.41, 5.74) is 1.08. The molecule has 3 unspecified atom stereocenters. The number of aryl methyl sites for hydroxylation is 1. The van der Waals surface area contributed by atoms with E-state index in [1.54, 1.807) is 31.2 Å². The van der Waals surface area contributed by atoms with Gasteiger partial charge in [0.15, 0.2) is 5.78 Å². The second-order valence-electron chi connectivity index (χ2n) is 16.9. The second kappa shape index (κ2) is 27.5. The number of ketones is 2. The van der Waals surface area contributed by atoms with Crippen LogP contribution in [0.3, 0.4) is 0 Å². The Balaban J connectivity index is 1.23. The van der Waals surface area contributed by atoms with Crippen molar-refractivity contribution in [2.45, 2.75) is 70.8 Å². The number of fused-ring (bicyclic) bond motifs is 7. The number of benzene rings is 1. The third kappa shape index (κ3) is 20.3. The number of carboxylic acids is 3. The number of hydrogen-bond acceptors (Lipinski definition) is 18. The van der Waals surface area contributed by atoms with E-state index in [-0.39, 0.29) is 56.8 Å². The molecular weight excluding hydrogens is 963 g/mol. The van der Waals surface area contributed by atoms with Crippen molar-refractivity contribution in [3.05, 3.63) is 35.4 Å². The third-order valence-corrected chi connectivity index (χ3v) is 15.9. The molecule has 0 spiro atoms. The summed E-state index contributed by atoms with van der Waals surface area (Å²) in [6.07, 6.45) is -0.408. The summed E-state index contributed by atoms with van der Waals surface area (Å²) in [6.45, 7) is 4.72. The van der Waals surface area contributed by atoms with Crippen molar-refractivity contribution in [2.24, 2.45) is 11.8 Å². The van der Waals surface area contributed by atoms with Gasteiger partial charge in [-0.3, -0.25) is 23.7 Å². The molecule has 6 atom stereocenters. The number of amides is 1. The molecule has 1 aromatic rings. The molecule has 3 fully saturated rings. The number of rotatable bonds is 24. The molecule has 25 heteroatoms. The maximum absolute atomic E-state index is 13.3. The van der Waals surface area contributed by atoms with Crippen LogP contribution in [0, 0.1) is 11.8 Å². The van der Waals surface area contributed by atoms with Gasteiger partial charge in [0.2, 0.25) is 5.91 Å². The molecule has 3 heterocycles. The second-order valence-corrected chi connectivity index (χ2v) is 21.5. The molecule has 0 saturated carbocycles. The van der Waals surface area contributed by atoms with Crippen LogP contribution in [0.4, 0.5) is 0 Å². The number of hydrogen-bond donors (Lipinski definition) is 5. The number of Topliss-reactive ketones (excluding diaryl/α,β-unsaturated/α-hetero) is 2. The first kappa shape index (κ1) is 55.1. The fourth-order valence-corrected chi connectivity index (χ4v) is 11.2. The van der Waals surface area contributed by atoms with Gasteiger partial charge in [0.1, 0.15) is 6.04 Å². The standard InChI is InChI=1S/C42H64N5O18P.Ga/c1-2-4-32(41(59)60)28-66(63,64)65-22-13-34(42(61)62)43-36(50)12-11-31(40(57)58)23-35(49)30-9-7-29(8-10-30)5-3-6-33(48)24-44-14-16-45(25-37(51)52)18-20-47(27-39(55)56)21-19-46(17-15-44)26-38(53)54;/h7-10,31-32,34H,2-6,11-28H2,1H3,(H,43,50)(H,51,52)(H,53,54)(H,55,56)(H,57,58)(H,59,60)(H,61,62)(H,63,64);/q;+3/p-3/t31-,32-,34+;/m1./s1. The Kier molecular flexibility index (Phi) is 22.6. The van der Waals surface area contributed by atoms with Gasteiger partial charge in [-0.1, -0.05) is 37.6 Å². The molecule has 370 valence electrons. The fraction of sp³-hybridized carbons (Fsp3) is 0.643. The first-order valence-electron chi connectivity index (χ1n) is 22.3. The smallest absolute Gasteiger partial charge is 0.326 e. The van der Waals surface area contributed by atoms with Crippen molar-refractivity contribution in [3.63, 3.8) is 0 Å². The molecule has 1 amide bonds. The molecule has 0 aromatic heterocycles. The van der Waals surface area contributed by atoms with Crippen LogP contribution in [-0.4, -0.2) is 208 Å². The van der Waals surface area contributed by atoms with E-state index in [1.807, 2.05) is 19.6 Å². The Labute approximate surface area is 394 Å². The Morgan fingerprint density at radius 2 is 1.25 bits per heavy atom. The van der Waals surface area contributed by atoms with Crippen LogP contribution in [0.25, 0.3) is 0 Å². The monoisotopic (exact) mass is 1020 g/mol. The minimum Gasteiger partial charge on any atom is -0.481 e. The SMILES string of the molecule is CCC[C@H](CP(=O)(O)OCC[C@H](NC(=O)CC[C@H](CC(=O)c1ccc(CCCC(=O)CN2CCN3CCN4CCN(CC2)CC(=O)[O][Ga]([O]C(=O)C3)[O]C(=O)C4)cc1)C(=O)O)C(=O)O)C(=O)O. The van der Waals surface area contributed by atoms with Gasteiger partial charge in [-0.05, 0) is 18.4 Å². The molecule has 0 radical (unpaired) electrons. The van der Waals surface area contributed by atoms with Crippen LogP contribution < -0.4 is 5.32 Å². The van der Waals surface area contributed by atoms with Gasteiger partial charge in [0.25, 0.3) is 0 Å². The summed E-state index contributed by atoms with van der Waals surface area (Å²) in [7, 11) is -4.39. The maximum Gasteiger partial charge on any atom is 0.326 e. The van der Waals surface area contributed by atoms with Crippen LogP contribution in [0.5, 0.6) is 0 Å². The van der Waals surface area contributed by atoms with Crippen LogP contribution >= 0.6 is 7.60 Å². The average Bonchev–Trinajstić information content (AvgIpc) is 3.28. The Hall–Kier alpha value is -4.52. The molecule has 3 aliphatic rings. The Bertz CT molecular complexity index is 1940. The average molecular weight is 1020 g/mol. The van der Waals surface area contributed by atoms with E-state index in [1.165, 1.54) is 0 Å². The van der Waals surface area contributed by atoms with E-state index in [4.69, 9.17) is 15.1 Å². The normalized spacial score (nSPS) is 21.9. The van der Waals surface area contributed by atoms with Crippen LogP contribution in [0.1, 0.15) is 74.2 Å². The van der Waals surface area contributed by atoms with E-state index in [2.05, 4.69) is 5.32 Å². The predicted octanol–water partition coefficient (Wildman–Crippen LogP) is 0.158. The molecule has 5 N–H and O–H groups in total. The van der Waals surface area contributed by atoms with Gasteiger partial charge in [-0.2, -0.15) is 0 Å². The van der Waals surface area contributed by atoms with Gasteiger partial charge in [-0.25, -0.2) is 4.79 Å². The van der Waals surface area contributed by atoms with Crippen molar-refractivity contribution >= 4 is 78.2 Å². The summed E-state index contributed by atoms with van der Waals surface area (Å²) in [4.78, 5) is 130. The summed E-state index contributed by atoms with van der Waals surface area (Å²) in [5.74, 6) is -9.72. The summed E-state index contributed by atoms with van der Waals surface area (Å²) >= 11 is -3.98. The van der Waals surface area contributed by atoms with E-state index in [0.29, 0.717) is 71.6 Å². The summed E-state index contributed by atoms with van der Waals surface area (Å²) < 4.78 is 33.4. The number of nitrogens with one attached hydrogen (secondary N) is 1. The minimum absolute atomic E-state index is 0.00916. The largest absolute Gasteiger partial charge is 0.481 e. The van der Waals surface area contributed by atoms with Gasteiger partial charge in [0, 0.05) is 24.8 Å². The van der Waals surface area contributed by atoms with Gasteiger partial charge < -0.3 is 30.1 Å². The zero-order valence-corrected chi connectivity index (χ0v) is 40.9. The molecule has 1 aromatic carbocycles. The van der Waals surface area contributed by atoms with Crippen molar-refractivity contribution in [1.82, 2.24) is 24.9 Å². The topological polar surface area (TPSA) is 314 Å². The van der Waals surface area contributed by atoms with Crippen molar-refractivity contribution in [1.29, 1.82) is 0 Å². The molecular formula is C42H61GaN5O18P. The first-order chi connectivity index (χ1) is 31.8. The minimum atomic E-state index is -4.39. The summed E-state index contributed by atoms with van der Waals surface area (Å²) in [6, 6.07) is 4.97.